The first-order valence-corrected chi connectivity index (χ1v) is 9.31. The van der Waals surface area contributed by atoms with Gasteiger partial charge in [-0.2, -0.15) is 0 Å². The molecule has 0 unspecified atom stereocenters. The summed E-state index contributed by atoms with van der Waals surface area (Å²) in [6.45, 7) is 3.74. The lowest BCUT2D eigenvalue weighted by Gasteiger charge is -2.17. The molecule has 8 heteroatoms. The maximum absolute atomic E-state index is 13.2. The van der Waals surface area contributed by atoms with Crippen LogP contribution in [0.1, 0.15) is 31.7 Å². The zero-order valence-corrected chi connectivity index (χ0v) is 14.2. The van der Waals surface area contributed by atoms with E-state index in [9.17, 15) is 22.0 Å². The second kappa shape index (κ2) is 8.24. The van der Waals surface area contributed by atoms with E-state index >= 15 is 0 Å². The van der Waals surface area contributed by atoms with Gasteiger partial charge in [0.1, 0.15) is 9.84 Å². The average molecular weight is 348 g/mol. The second-order valence-corrected chi connectivity index (χ2v) is 8.01. The molecular weight excluding hydrogens is 326 g/mol. The lowest BCUT2D eigenvalue weighted by Crippen LogP contribution is -2.42. The Balaban J connectivity index is 2.41. The molecule has 0 saturated heterocycles. The lowest BCUT2D eigenvalue weighted by atomic mass is 10.0. The Morgan fingerprint density at radius 2 is 1.87 bits per heavy atom. The molecule has 1 rings (SSSR count). The van der Waals surface area contributed by atoms with Crippen LogP contribution in [-0.2, 0) is 9.84 Å². The predicted octanol–water partition coefficient (Wildman–Crippen LogP) is 2.19. The van der Waals surface area contributed by atoms with Gasteiger partial charge in [0.2, 0.25) is 0 Å². The molecule has 0 aliphatic carbocycles. The van der Waals surface area contributed by atoms with Crippen LogP contribution < -0.4 is 10.6 Å². The Kier molecular flexibility index (Phi) is 6.93. The third kappa shape index (κ3) is 7.40. The first-order valence-electron chi connectivity index (χ1n) is 7.25. The number of rotatable bonds is 7. The van der Waals surface area contributed by atoms with Gasteiger partial charge in [0.05, 0.1) is 5.75 Å². The minimum absolute atomic E-state index is 0.000292. The van der Waals surface area contributed by atoms with Crippen molar-refractivity contribution < 1.29 is 22.0 Å². The first-order chi connectivity index (χ1) is 10.6. The van der Waals surface area contributed by atoms with Crippen molar-refractivity contribution in [2.24, 2.45) is 0 Å². The quantitative estimate of drug-likeness (QED) is 0.793. The Labute approximate surface area is 135 Å². The van der Waals surface area contributed by atoms with Crippen molar-refractivity contribution >= 4 is 15.9 Å². The molecule has 130 valence electrons. The maximum atomic E-state index is 13.2. The molecule has 0 heterocycles. The van der Waals surface area contributed by atoms with Gasteiger partial charge in [-0.25, -0.2) is 22.0 Å². The Morgan fingerprint density at radius 3 is 2.43 bits per heavy atom. The molecule has 0 aliphatic heterocycles. The highest BCUT2D eigenvalue weighted by molar-refractivity contribution is 7.90. The highest BCUT2D eigenvalue weighted by Gasteiger charge is 2.13. The first kappa shape index (κ1) is 19.3. The summed E-state index contributed by atoms with van der Waals surface area (Å²) >= 11 is 0. The van der Waals surface area contributed by atoms with Gasteiger partial charge in [0, 0.05) is 18.8 Å². The van der Waals surface area contributed by atoms with Crippen LogP contribution in [0.25, 0.3) is 0 Å². The van der Waals surface area contributed by atoms with Gasteiger partial charge in [-0.15, -0.1) is 0 Å². The van der Waals surface area contributed by atoms with Gasteiger partial charge >= 0.3 is 6.03 Å². The highest BCUT2D eigenvalue weighted by atomic mass is 32.2. The van der Waals surface area contributed by atoms with Crippen molar-refractivity contribution in [2.75, 3.05) is 18.6 Å². The minimum atomic E-state index is -3.06. The molecule has 0 spiro atoms. The van der Waals surface area contributed by atoms with Crippen molar-refractivity contribution in [3.05, 3.63) is 35.4 Å². The van der Waals surface area contributed by atoms with Gasteiger partial charge in [0.15, 0.2) is 11.6 Å². The fourth-order valence-electron chi connectivity index (χ4n) is 1.92. The number of carbonyl (C=O) groups excluding carboxylic acids is 1. The summed E-state index contributed by atoms with van der Waals surface area (Å²) < 4.78 is 48.2. The number of hydrogen-bond donors (Lipinski definition) is 2. The molecular formula is C15H22F2N2O3S. The minimum Gasteiger partial charge on any atom is -0.338 e. The highest BCUT2D eigenvalue weighted by Crippen LogP contribution is 2.17. The topological polar surface area (TPSA) is 75.3 Å². The van der Waals surface area contributed by atoms with Crippen molar-refractivity contribution in [1.82, 2.24) is 10.6 Å². The molecule has 0 radical (unpaired) electrons. The Morgan fingerprint density at radius 1 is 1.22 bits per heavy atom. The number of benzene rings is 1. The van der Waals surface area contributed by atoms with Gasteiger partial charge < -0.3 is 10.6 Å². The molecule has 0 bridgehead atoms. The van der Waals surface area contributed by atoms with Gasteiger partial charge in [-0.05, 0) is 37.0 Å². The number of halogens is 2. The van der Waals surface area contributed by atoms with E-state index in [1.54, 1.807) is 13.8 Å². The van der Waals surface area contributed by atoms with Gasteiger partial charge in [-0.3, -0.25) is 0 Å². The van der Waals surface area contributed by atoms with E-state index in [-0.39, 0.29) is 24.3 Å². The summed E-state index contributed by atoms with van der Waals surface area (Å²) in [7, 11) is -3.06. The summed E-state index contributed by atoms with van der Waals surface area (Å²) in [6, 6.07) is 2.91. The number of nitrogens with one attached hydrogen (secondary N) is 2. The lowest BCUT2D eigenvalue weighted by molar-refractivity contribution is 0.237. The van der Waals surface area contributed by atoms with Crippen LogP contribution in [0.3, 0.4) is 0 Å². The summed E-state index contributed by atoms with van der Waals surface area (Å²) in [6.07, 6.45) is 1.47. The van der Waals surface area contributed by atoms with E-state index in [0.717, 1.165) is 18.4 Å². The van der Waals surface area contributed by atoms with Gasteiger partial charge in [-0.1, -0.05) is 13.0 Å². The third-order valence-corrected chi connectivity index (χ3v) is 4.36. The number of sulfone groups is 1. The molecule has 0 fully saturated rings. The largest absolute Gasteiger partial charge is 0.338 e. The molecule has 0 saturated carbocycles. The Bertz CT molecular complexity index is 650. The SMILES string of the molecule is C[C@H](CCS(C)(=O)=O)NC(=O)NC[C@H](C)c1ccc(F)c(F)c1. The number of carbonyl (C=O) groups is 1. The predicted molar refractivity (Wildman–Crippen MR) is 85.1 cm³/mol. The van der Waals surface area contributed by atoms with E-state index in [0.29, 0.717) is 12.0 Å². The van der Waals surface area contributed by atoms with Crippen LogP contribution in [0.2, 0.25) is 0 Å². The number of urea groups is 1. The average Bonchev–Trinajstić information content (AvgIpc) is 2.45. The monoisotopic (exact) mass is 348 g/mol. The van der Waals surface area contributed by atoms with Crippen LogP contribution in [0.15, 0.2) is 18.2 Å². The Hall–Kier alpha value is -1.70. The van der Waals surface area contributed by atoms with E-state index in [1.807, 2.05) is 0 Å². The summed E-state index contributed by atoms with van der Waals surface area (Å²) in [5.74, 6) is -2.03. The molecule has 5 nitrogen and oxygen atoms in total. The fraction of sp³-hybridized carbons (Fsp3) is 0.533. The molecule has 1 aromatic carbocycles. The normalized spacial score (nSPS) is 14.1. The standard InChI is InChI=1S/C15H22F2N2O3S/c1-10(12-4-5-13(16)14(17)8-12)9-18-15(20)19-11(2)6-7-23(3,21)22/h4-5,8,10-11H,6-7,9H2,1-3H3,(H2,18,19,20)/t10-,11+/m0/s1. The van der Waals surface area contributed by atoms with Crippen LogP contribution >= 0.6 is 0 Å². The maximum Gasteiger partial charge on any atom is 0.315 e. The van der Waals surface area contributed by atoms with E-state index in [2.05, 4.69) is 10.6 Å². The molecule has 1 aromatic rings. The molecule has 23 heavy (non-hydrogen) atoms. The van der Waals surface area contributed by atoms with Crippen molar-refractivity contribution in [3.63, 3.8) is 0 Å². The van der Waals surface area contributed by atoms with E-state index in [4.69, 9.17) is 0 Å². The van der Waals surface area contributed by atoms with Crippen molar-refractivity contribution in [1.29, 1.82) is 0 Å². The molecule has 2 amide bonds. The molecule has 2 N–H and O–H groups in total. The van der Waals surface area contributed by atoms with Crippen LogP contribution in [-0.4, -0.2) is 39.0 Å². The fourth-order valence-corrected chi connectivity index (χ4v) is 2.70. The van der Waals surface area contributed by atoms with Crippen molar-refractivity contribution in [3.8, 4) is 0 Å². The summed E-state index contributed by atoms with van der Waals surface area (Å²) in [4.78, 5) is 11.7. The second-order valence-electron chi connectivity index (χ2n) is 5.75. The summed E-state index contributed by atoms with van der Waals surface area (Å²) in [5.41, 5.74) is 0.578. The molecule has 0 aliphatic rings. The van der Waals surface area contributed by atoms with Crippen LogP contribution in [0.5, 0.6) is 0 Å². The molecule has 0 aromatic heterocycles. The zero-order chi connectivity index (χ0) is 17.6. The van der Waals surface area contributed by atoms with E-state index < -0.39 is 27.5 Å². The van der Waals surface area contributed by atoms with Crippen LogP contribution in [0, 0.1) is 11.6 Å². The van der Waals surface area contributed by atoms with Crippen LogP contribution in [0.4, 0.5) is 13.6 Å². The van der Waals surface area contributed by atoms with Crippen molar-refractivity contribution in [2.45, 2.75) is 32.2 Å². The number of hydrogen-bond acceptors (Lipinski definition) is 3. The van der Waals surface area contributed by atoms with E-state index in [1.165, 1.54) is 6.07 Å². The molecule has 2 atom stereocenters. The summed E-state index contributed by atoms with van der Waals surface area (Å²) in [5, 5.41) is 5.26. The zero-order valence-electron chi connectivity index (χ0n) is 13.4. The third-order valence-electron chi connectivity index (χ3n) is 3.38. The number of amides is 2. The smallest absolute Gasteiger partial charge is 0.315 e. The van der Waals surface area contributed by atoms with Gasteiger partial charge in [0.25, 0.3) is 0 Å².